The summed E-state index contributed by atoms with van der Waals surface area (Å²) in [6, 6.07) is 10.3. The van der Waals surface area contributed by atoms with Crippen molar-refractivity contribution < 1.29 is 4.39 Å². The molecule has 0 saturated carbocycles. The van der Waals surface area contributed by atoms with Crippen molar-refractivity contribution in [2.45, 2.75) is 13.5 Å². The topological polar surface area (TPSA) is 75.5 Å². The minimum absolute atomic E-state index is 0.329. The molecule has 3 aromatic heterocycles. The number of hydrogen-bond acceptors (Lipinski definition) is 5. The second-order valence-corrected chi connectivity index (χ2v) is 6.27. The number of hydrogen-bond donors (Lipinski definition) is 1. The van der Waals surface area contributed by atoms with E-state index in [0.29, 0.717) is 23.9 Å². The quantitative estimate of drug-likeness (QED) is 0.590. The molecule has 3 heterocycles. The van der Waals surface area contributed by atoms with Crippen LogP contribution in [0.25, 0.3) is 16.9 Å². The third-order valence-corrected chi connectivity index (χ3v) is 4.12. The van der Waals surface area contributed by atoms with Crippen LogP contribution in [0.5, 0.6) is 0 Å². The molecule has 4 rings (SSSR count). The molecular formula is C19H18FN7. The Balaban J connectivity index is 1.58. The number of aromatic nitrogens is 6. The Bertz CT molecular complexity index is 1070. The van der Waals surface area contributed by atoms with Crippen molar-refractivity contribution in [3.8, 4) is 16.9 Å². The first kappa shape index (κ1) is 16.9. The highest BCUT2D eigenvalue weighted by Crippen LogP contribution is 2.21. The third-order valence-electron chi connectivity index (χ3n) is 4.12. The Kier molecular flexibility index (Phi) is 4.37. The molecule has 0 aliphatic rings. The lowest BCUT2D eigenvalue weighted by molar-refractivity contribution is 0.611. The molecule has 0 bridgehead atoms. The summed E-state index contributed by atoms with van der Waals surface area (Å²) in [7, 11) is 1.91. The lowest BCUT2D eigenvalue weighted by Gasteiger charge is -2.15. The molecule has 0 aliphatic carbocycles. The molecule has 0 radical (unpaired) electrons. The van der Waals surface area contributed by atoms with Crippen molar-refractivity contribution in [3.05, 3.63) is 72.2 Å². The van der Waals surface area contributed by atoms with Gasteiger partial charge in [-0.2, -0.15) is 10.2 Å². The average molecular weight is 363 g/mol. The minimum atomic E-state index is -0.329. The van der Waals surface area contributed by atoms with Crippen LogP contribution < -0.4 is 4.90 Å². The number of anilines is 1. The summed E-state index contributed by atoms with van der Waals surface area (Å²) in [5.41, 5.74) is 3.81. The van der Waals surface area contributed by atoms with E-state index < -0.39 is 0 Å². The van der Waals surface area contributed by atoms with Crippen LogP contribution in [0.1, 0.15) is 11.4 Å². The van der Waals surface area contributed by atoms with Crippen LogP contribution in [0.2, 0.25) is 0 Å². The normalized spacial score (nSPS) is 10.9. The number of benzene rings is 1. The molecular weight excluding hydrogens is 345 g/mol. The molecule has 7 nitrogen and oxygen atoms in total. The molecule has 0 unspecified atom stereocenters. The van der Waals surface area contributed by atoms with Gasteiger partial charge in [-0.05, 0) is 31.2 Å². The van der Waals surface area contributed by atoms with Gasteiger partial charge >= 0.3 is 0 Å². The fourth-order valence-corrected chi connectivity index (χ4v) is 2.79. The molecule has 0 saturated heterocycles. The van der Waals surface area contributed by atoms with Crippen LogP contribution in [-0.2, 0) is 6.54 Å². The van der Waals surface area contributed by atoms with Crippen molar-refractivity contribution in [3.63, 3.8) is 0 Å². The lowest BCUT2D eigenvalue weighted by Crippen LogP contribution is -2.19. The molecule has 0 fully saturated rings. The zero-order chi connectivity index (χ0) is 18.8. The summed E-state index contributed by atoms with van der Waals surface area (Å²) >= 11 is 0. The van der Waals surface area contributed by atoms with Gasteiger partial charge in [0.2, 0.25) is 5.95 Å². The third kappa shape index (κ3) is 3.55. The van der Waals surface area contributed by atoms with E-state index in [1.165, 1.54) is 10.7 Å². The monoisotopic (exact) mass is 363 g/mol. The van der Waals surface area contributed by atoms with E-state index in [4.69, 9.17) is 0 Å². The summed E-state index contributed by atoms with van der Waals surface area (Å²) < 4.78 is 15.5. The molecule has 0 spiro atoms. The summed E-state index contributed by atoms with van der Waals surface area (Å²) in [4.78, 5) is 10.9. The summed E-state index contributed by atoms with van der Waals surface area (Å²) in [6.45, 7) is 2.54. The molecule has 27 heavy (non-hydrogen) atoms. The van der Waals surface area contributed by atoms with Crippen molar-refractivity contribution >= 4 is 5.95 Å². The van der Waals surface area contributed by atoms with Crippen LogP contribution in [0, 0.1) is 12.7 Å². The maximum Gasteiger partial charge on any atom is 0.225 e. The smallest absolute Gasteiger partial charge is 0.225 e. The van der Waals surface area contributed by atoms with Gasteiger partial charge in [-0.15, -0.1) is 0 Å². The van der Waals surface area contributed by atoms with Crippen molar-refractivity contribution in [2.24, 2.45) is 0 Å². The van der Waals surface area contributed by atoms with Gasteiger partial charge in [0, 0.05) is 30.7 Å². The Morgan fingerprint density at radius 1 is 1.22 bits per heavy atom. The molecule has 0 amide bonds. The van der Waals surface area contributed by atoms with Gasteiger partial charge in [0.05, 0.1) is 24.1 Å². The van der Waals surface area contributed by atoms with E-state index in [0.717, 1.165) is 17.0 Å². The molecule has 1 N–H and O–H groups in total. The van der Waals surface area contributed by atoms with Crippen LogP contribution in [-0.4, -0.2) is 37.0 Å². The van der Waals surface area contributed by atoms with Crippen molar-refractivity contribution in [2.75, 3.05) is 11.9 Å². The highest BCUT2D eigenvalue weighted by Gasteiger charge is 2.11. The second kappa shape index (κ2) is 6.99. The van der Waals surface area contributed by atoms with Gasteiger partial charge in [0.15, 0.2) is 0 Å². The van der Waals surface area contributed by atoms with E-state index in [9.17, 15) is 4.39 Å². The molecule has 4 aromatic rings. The number of nitrogens with zero attached hydrogens (tertiary/aromatic N) is 6. The summed E-state index contributed by atoms with van der Waals surface area (Å²) in [5.74, 6) is 0.247. The highest BCUT2D eigenvalue weighted by atomic mass is 19.1. The number of rotatable bonds is 5. The lowest BCUT2D eigenvalue weighted by atomic mass is 10.2. The number of nitrogens with one attached hydrogen (secondary N) is 1. The van der Waals surface area contributed by atoms with Gasteiger partial charge in [-0.25, -0.2) is 19.0 Å². The van der Waals surface area contributed by atoms with Gasteiger partial charge in [-0.3, -0.25) is 5.10 Å². The van der Waals surface area contributed by atoms with E-state index >= 15 is 0 Å². The predicted molar refractivity (Wildman–Crippen MR) is 100.0 cm³/mol. The standard InChI is InChI=1S/C19H18FN7/c1-13-9-15(25-24-13)12-26(2)19-21-8-7-17(23-19)14-10-22-27(11-14)18-6-4-3-5-16(18)20/h3-11H,12H2,1-2H3,(H,24,25). The maximum atomic E-state index is 14.0. The molecule has 136 valence electrons. The van der Waals surface area contributed by atoms with Crippen molar-refractivity contribution in [1.29, 1.82) is 0 Å². The zero-order valence-corrected chi connectivity index (χ0v) is 15.0. The Hall–Kier alpha value is -3.55. The molecule has 1 aromatic carbocycles. The van der Waals surface area contributed by atoms with Crippen LogP contribution in [0.15, 0.2) is 55.0 Å². The fraction of sp³-hybridized carbons (Fsp3) is 0.158. The first-order valence-electron chi connectivity index (χ1n) is 8.45. The Morgan fingerprint density at radius 2 is 2.07 bits per heavy atom. The molecule has 8 heteroatoms. The predicted octanol–water partition coefficient (Wildman–Crippen LogP) is 3.14. The fourth-order valence-electron chi connectivity index (χ4n) is 2.79. The number of aryl methyl sites for hydroxylation is 1. The van der Waals surface area contributed by atoms with Crippen molar-refractivity contribution in [1.82, 2.24) is 29.9 Å². The first-order valence-corrected chi connectivity index (χ1v) is 8.45. The summed E-state index contributed by atoms with van der Waals surface area (Å²) in [5, 5.41) is 11.4. The maximum absolute atomic E-state index is 14.0. The van der Waals surface area contributed by atoms with E-state index in [-0.39, 0.29) is 5.82 Å². The number of halogens is 1. The van der Waals surface area contributed by atoms with Crippen LogP contribution >= 0.6 is 0 Å². The van der Waals surface area contributed by atoms with E-state index in [1.807, 2.05) is 24.9 Å². The zero-order valence-electron chi connectivity index (χ0n) is 15.0. The Morgan fingerprint density at radius 3 is 2.85 bits per heavy atom. The SMILES string of the molecule is Cc1cc(CN(C)c2nccc(-c3cnn(-c4ccccc4F)c3)n2)n[nH]1. The first-order chi connectivity index (χ1) is 13.1. The highest BCUT2D eigenvalue weighted by molar-refractivity contribution is 5.59. The minimum Gasteiger partial charge on any atom is -0.338 e. The van der Waals surface area contributed by atoms with Gasteiger partial charge < -0.3 is 4.90 Å². The van der Waals surface area contributed by atoms with Gasteiger partial charge in [0.1, 0.15) is 11.5 Å². The van der Waals surface area contributed by atoms with E-state index in [2.05, 4.69) is 25.3 Å². The number of H-pyrrole nitrogens is 1. The van der Waals surface area contributed by atoms with Crippen LogP contribution in [0.3, 0.4) is 0 Å². The second-order valence-electron chi connectivity index (χ2n) is 6.27. The molecule has 0 aliphatic heterocycles. The van der Waals surface area contributed by atoms with Gasteiger partial charge in [-0.1, -0.05) is 12.1 Å². The van der Waals surface area contributed by atoms with Gasteiger partial charge in [0.25, 0.3) is 0 Å². The van der Waals surface area contributed by atoms with Crippen LogP contribution in [0.4, 0.5) is 10.3 Å². The largest absolute Gasteiger partial charge is 0.338 e. The number of aromatic amines is 1. The average Bonchev–Trinajstić information content (AvgIpc) is 3.31. The number of para-hydroxylation sites is 1. The Labute approximate surface area is 155 Å². The molecule has 0 atom stereocenters. The summed E-state index contributed by atoms with van der Waals surface area (Å²) in [6.07, 6.45) is 5.11. The van der Waals surface area contributed by atoms with E-state index in [1.54, 1.807) is 42.9 Å².